The summed E-state index contributed by atoms with van der Waals surface area (Å²) < 4.78 is 2.60. The van der Waals surface area contributed by atoms with E-state index in [1.165, 1.54) is 12.1 Å². The number of aromatic carboxylic acids is 1. The van der Waals surface area contributed by atoms with E-state index in [4.69, 9.17) is 5.11 Å². The van der Waals surface area contributed by atoms with Crippen LogP contribution in [0.15, 0.2) is 38.9 Å². The minimum absolute atomic E-state index is 0.147. The van der Waals surface area contributed by atoms with Gasteiger partial charge in [-0.15, -0.1) is 11.3 Å². The molecule has 0 atom stereocenters. The van der Waals surface area contributed by atoms with Crippen molar-refractivity contribution in [3.05, 3.63) is 60.6 Å². The first-order valence-electron chi connectivity index (χ1n) is 7.21. The molecule has 0 amide bonds. The molecular formula is C17H13BrN2O3S. The number of aromatic nitrogens is 2. The summed E-state index contributed by atoms with van der Waals surface area (Å²) in [6.45, 7) is 2.35. The zero-order valence-corrected chi connectivity index (χ0v) is 15.1. The number of nitrogens with zero attached hydrogens (tertiary/aromatic N) is 2. The van der Waals surface area contributed by atoms with Gasteiger partial charge in [0, 0.05) is 11.4 Å². The van der Waals surface area contributed by atoms with Gasteiger partial charge in [-0.05, 0) is 65.3 Å². The van der Waals surface area contributed by atoms with E-state index in [2.05, 4.69) is 20.9 Å². The van der Waals surface area contributed by atoms with Crippen molar-refractivity contribution >= 4 is 56.4 Å². The predicted octanol–water partition coefficient (Wildman–Crippen LogP) is 4.11. The molecule has 1 N–H and O–H groups in total. The fourth-order valence-electron chi connectivity index (χ4n) is 2.40. The van der Waals surface area contributed by atoms with E-state index >= 15 is 0 Å². The Morgan fingerprint density at radius 2 is 2.12 bits per heavy atom. The highest BCUT2D eigenvalue weighted by molar-refractivity contribution is 9.11. The van der Waals surface area contributed by atoms with Gasteiger partial charge in [0.1, 0.15) is 5.69 Å². The van der Waals surface area contributed by atoms with Gasteiger partial charge in [-0.2, -0.15) is 0 Å². The van der Waals surface area contributed by atoms with Crippen LogP contribution in [0.25, 0.3) is 23.2 Å². The Kier molecular flexibility index (Phi) is 4.64. The van der Waals surface area contributed by atoms with Crippen molar-refractivity contribution in [1.82, 2.24) is 9.55 Å². The van der Waals surface area contributed by atoms with E-state index in [9.17, 15) is 9.59 Å². The molecule has 0 aliphatic carbocycles. The predicted molar refractivity (Wildman–Crippen MR) is 99.6 cm³/mol. The SMILES string of the molecule is CCn1c(=O)c(C=Cc2ccc(Br)s2)nc2cc(C(=O)O)ccc21. The highest BCUT2D eigenvalue weighted by Gasteiger charge is 2.11. The molecule has 0 radical (unpaired) electrons. The molecule has 2 aromatic heterocycles. The third-order valence-electron chi connectivity index (χ3n) is 3.53. The summed E-state index contributed by atoms with van der Waals surface area (Å²) in [5.74, 6) is -1.02. The Morgan fingerprint density at radius 1 is 1.33 bits per heavy atom. The number of benzene rings is 1. The number of halogens is 1. The summed E-state index contributed by atoms with van der Waals surface area (Å²) in [6, 6.07) is 8.47. The van der Waals surface area contributed by atoms with Crippen LogP contribution < -0.4 is 5.56 Å². The summed E-state index contributed by atoms with van der Waals surface area (Å²) in [7, 11) is 0. The molecule has 2 heterocycles. The highest BCUT2D eigenvalue weighted by atomic mass is 79.9. The molecule has 3 rings (SSSR count). The second kappa shape index (κ2) is 6.70. The van der Waals surface area contributed by atoms with Crippen LogP contribution in [0, 0.1) is 0 Å². The Balaban J connectivity index is 2.16. The summed E-state index contributed by atoms with van der Waals surface area (Å²) >= 11 is 4.95. The van der Waals surface area contributed by atoms with Crippen LogP contribution in [-0.4, -0.2) is 20.6 Å². The van der Waals surface area contributed by atoms with Crippen molar-refractivity contribution in [2.45, 2.75) is 13.5 Å². The van der Waals surface area contributed by atoms with Crippen molar-refractivity contribution in [3.63, 3.8) is 0 Å². The van der Waals surface area contributed by atoms with E-state index < -0.39 is 5.97 Å². The van der Waals surface area contributed by atoms with Crippen molar-refractivity contribution in [3.8, 4) is 0 Å². The van der Waals surface area contributed by atoms with E-state index in [0.717, 1.165) is 8.66 Å². The van der Waals surface area contributed by atoms with Gasteiger partial charge in [0.05, 0.1) is 20.4 Å². The summed E-state index contributed by atoms with van der Waals surface area (Å²) in [6.07, 6.45) is 3.49. The molecule has 0 spiro atoms. The second-order valence-corrected chi connectivity index (χ2v) is 7.52. The van der Waals surface area contributed by atoms with Crippen LogP contribution in [0.3, 0.4) is 0 Å². The number of hydrogen-bond acceptors (Lipinski definition) is 4. The number of thiophene rings is 1. The zero-order valence-electron chi connectivity index (χ0n) is 12.7. The van der Waals surface area contributed by atoms with Crippen LogP contribution in [0.4, 0.5) is 0 Å². The maximum atomic E-state index is 12.6. The Hall–Kier alpha value is -2.25. The monoisotopic (exact) mass is 404 g/mol. The average molecular weight is 405 g/mol. The molecule has 1 aromatic carbocycles. The van der Waals surface area contributed by atoms with Gasteiger partial charge in [0.25, 0.3) is 5.56 Å². The molecule has 7 heteroatoms. The van der Waals surface area contributed by atoms with E-state index in [-0.39, 0.29) is 16.8 Å². The molecule has 3 aromatic rings. The van der Waals surface area contributed by atoms with Crippen molar-refractivity contribution in [2.75, 3.05) is 0 Å². The lowest BCUT2D eigenvalue weighted by Crippen LogP contribution is -2.23. The van der Waals surface area contributed by atoms with E-state index in [0.29, 0.717) is 17.6 Å². The number of hydrogen-bond donors (Lipinski definition) is 1. The number of fused-ring (bicyclic) bond motifs is 1. The van der Waals surface area contributed by atoms with Gasteiger partial charge >= 0.3 is 5.97 Å². The standard InChI is InChI=1S/C17H13BrN2O3S/c1-2-20-14-7-3-10(17(22)23)9-13(14)19-12(16(20)21)6-4-11-5-8-15(18)24-11/h3-9H,2H2,1H3,(H,22,23). The molecule has 0 aliphatic heterocycles. The number of rotatable bonds is 4. The smallest absolute Gasteiger partial charge is 0.335 e. The fraction of sp³-hybridized carbons (Fsp3) is 0.118. The highest BCUT2D eigenvalue weighted by Crippen LogP contribution is 2.23. The molecule has 0 saturated carbocycles. The van der Waals surface area contributed by atoms with Gasteiger partial charge in [0.2, 0.25) is 0 Å². The van der Waals surface area contributed by atoms with Gasteiger partial charge in [-0.3, -0.25) is 4.79 Å². The molecule has 24 heavy (non-hydrogen) atoms. The Labute approximate surface area is 150 Å². The summed E-state index contributed by atoms with van der Waals surface area (Å²) in [5, 5.41) is 9.14. The summed E-state index contributed by atoms with van der Waals surface area (Å²) in [4.78, 5) is 29.1. The Morgan fingerprint density at radius 3 is 2.75 bits per heavy atom. The molecule has 5 nitrogen and oxygen atoms in total. The number of carbonyl (C=O) groups is 1. The number of carboxylic acid groups (broad SMARTS) is 1. The first kappa shape index (κ1) is 16.6. The lowest BCUT2D eigenvalue weighted by Gasteiger charge is -2.09. The maximum absolute atomic E-state index is 12.6. The normalized spacial score (nSPS) is 11.4. The van der Waals surface area contributed by atoms with E-state index in [1.807, 2.05) is 25.1 Å². The molecular weight excluding hydrogens is 392 g/mol. The molecule has 0 unspecified atom stereocenters. The fourth-order valence-corrected chi connectivity index (χ4v) is 3.73. The first-order chi connectivity index (χ1) is 11.5. The third-order valence-corrected chi connectivity index (χ3v) is 5.12. The molecule has 122 valence electrons. The maximum Gasteiger partial charge on any atom is 0.335 e. The lowest BCUT2D eigenvalue weighted by atomic mass is 10.2. The van der Waals surface area contributed by atoms with Crippen molar-refractivity contribution in [1.29, 1.82) is 0 Å². The summed E-state index contributed by atoms with van der Waals surface area (Å²) in [5.41, 5.74) is 1.36. The van der Waals surface area contributed by atoms with Gasteiger partial charge in [0.15, 0.2) is 0 Å². The lowest BCUT2D eigenvalue weighted by molar-refractivity contribution is 0.0697. The quantitative estimate of drug-likeness (QED) is 0.709. The Bertz CT molecular complexity index is 1020. The largest absolute Gasteiger partial charge is 0.478 e. The van der Waals surface area contributed by atoms with Gasteiger partial charge in [-0.1, -0.05) is 0 Å². The zero-order chi connectivity index (χ0) is 17.3. The van der Waals surface area contributed by atoms with Gasteiger partial charge < -0.3 is 9.67 Å². The van der Waals surface area contributed by atoms with Crippen LogP contribution in [0.5, 0.6) is 0 Å². The minimum Gasteiger partial charge on any atom is -0.478 e. The topological polar surface area (TPSA) is 72.2 Å². The van der Waals surface area contributed by atoms with Crippen LogP contribution in [-0.2, 0) is 6.54 Å². The average Bonchev–Trinajstić information content (AvgIpc) is 2.98. The van der Waals surface area contributed by atoms with Crippen molar-refractivity contribution in [2.24, 2.45) is 0 Å². The molecule has 0 aliphatic rings. The molecule has 0 fully saturated rings. The van der Waals surface area contributed by atoms with Crippen LogP contribution in [0.2, 0.25) is 0 Å². The molecule has 0 saturated heterocycles. The van der Waals surface area contributed by atoms with Crippen LogP contribution >= 0.6 is 27.3 Å². The third kappa shape index (κ3) is 3.18. The second-order valence-electron chi connectivity index (χ2n) is 5.03. The first-order valence-corrected chi connectivity index (χ1v) is 8.82. The van der Waals surface area contributed by atoms with Gasteiger partial charge in [-0.25, -0.2) is 9.78 Å². The number of aryl methyl sites for hydroxylation is 1. The molecule has 0 bridgehead atoms. The van der Waals surface area contributed by atoms with Crippen molar-refractivity contribution < 1.29 is 9.90 Å². The number of carboxylic acids is 1. The minimum atomic E-state index is -1.02. The van der Waals surface area contributed by atoms with Crippen LogP contribution in [0.1, 0.15) is 27.9 Å². The van der Waals surface area contributed by atoms with E-state index in [1.54, 1.807) is 28.0 Å².